The van der Waals surface area contributed by atoms with Gasteiger partial charge in [0.05, 0.1) is 0 Å². The molecule has 0 atom stereocenters. The molecule has 1 aliphatic heterocycles. The molecule has 3 N–H and O–H groups in total. The number of fused-ring (bicyclic) bond motifs is 1. The topological polar surface area (TPSA) is 70.7 Å². The van der Waals surface area contributed by atoms with Gasteiger partial charge in [0.25, 0.3) is 0 Å². The van der Waals surface area contributed by atoms with Gasteiger partial charge >= 0.3 is 0 Å². The molecule has 1 saturated heterocycles. The molecule has 1 fully saturated rings. The zero-order chi connectivity index (χ0) is 19.6. The molecule has 0 unspecified atom stereocenters. The zero-order valence-corrected chi connectivity index (χ0v) is 20.0. The molecule has 29 heavy (non-hydrogen) atoms. The van der Waals surface area contributed by atoms with Crippen molar-refractivity contribution in [2.24, 2.45) is 10.9 Å². The van der Waals surface area contributed by atoms with Gasteiger partial charge in [0, 0.05) is 63.2 Å². The summed E-state index contributed by atoms with van der Waals surface area (Å²) in [6.45, 7) is 7.27. The molecule has 1 aliphatic rings. The van der Waals surface area contributed by atoms with Crippen LogP contribution in [0.1, 0.15) is 30.5 Å². The molecule has 0 aliphatic carbocycles. The Kier molecular flexibility index (Phi) is 10.8. The third-order valence-electron chi connectivity index (χ3n) is 5.37. The van der Waals surface area contributed by atoms with Crippen LogP contribution >= 0.6 is 24.0 Å². The Bertz CT molecular complexity index is 756. The first-order chi connectivity index (χ1) is 13.8. The number of aryl methyl sites for hydroxylation is 1. The van der Waals surface area contributed by atoms with Gasteiger partial charge in [-0.2, -0.15) is 0 Å². The van der Waals surface area contributed by atoms with Gasteiger partial charge in [-0.3, -0.25) is 4.99 Å². The first-order valence-corrected chi connectivity index (χ1v) is 10.4. The Labute approximate surface area is 191 Å². The monoisotopic (exact) mass is 514 g/mol. The Morgan fingerprint density at radius 3 is 2.76 bits per heavy atom. The van der Waals surface area contributed by atoms with E-state index in [1.807, 2.05) is 7.05 Å². The molecule has 3 rings (SSSR count). The summed E-state index contributed by atoms with van der Waals surface area (Å²) in [5.41, 5.74) is 3.82. The van der Waals surface area contributed by atoms with E-state index in [4.69, 9.17) is 9.47 Å². The summed E-state index contributed by atoms with van der Waals surface area (Å²) in [7, 11) is 1.81. The first-order valence-electron chi connectivity index (χ1n) is 10.4. The maximum atomic E-state index is 5.81. The number of rotatable bonds is 9. The van der Waals surface area contributed by atoms with E-state index in [0.29, 0.717) is 5.92 Å². The molecule has 0 saturated carbocycles. The number of nitrogens with one attached hydrogen (secondary N) is 3. The predicted molar refractivity (Wildman–Crippen MR) is 130 cm³/mol. The van der Waals surface area contributed by atoms with Gasteiger partial charge in [-0.05, 0) is 50.2 Å². The van der Waals surface area contributed by atoms with Crippen molar-refractivity contribution in [3.05, 3.63) is 35.5 Å². The van der Waals surface area contributed by atoms with Gasteiger partial charge in [-0.25, -0.2) is 0 Å². The number of nitrogens with zero attached hydrogens (tertiary/aromatic N) is 1. The maximum Gasteiger partial charge on any atom is 0.190 e. The van der Waals surface area contributed by atoms with Crippen LogP contribution in [0.25, 0.3) is 10.9 Å². The first kappa shape index (κ1) is 24.0. The lowest BCUT2D eigenvalue weighted by atomic mass is 10.0. The lowest BCUT2D eigenvalue weighted by molar-refractivity contribution is 0.0203. The predicted octanol–water partition coefficient (Wildman–Crippen LogP) is 3.64. The Morgan fingerprint density at radius 2 is 1.97 bits per heavy atom. The highest BCUT2D eigenvalue weighted by Crippen LogP contribution is 2.21. The number of benzene rings is 1. The van der Waals surface area contributed by atoms with Crippen molar-refractivity contribution in [1.29, 1.82) is 0 Å². The second-order valence-electron chi connectivity index (χ2n) is 7.43. The Hall–Kier alpha value is -1.32. The van der Waals surface area contributed by atoms with E-state index in [-0.39, 0.29) is 24.0 Å². The molecule has 1 aromatic heterocycles. The molecular formula is C22H35IN4O2. The number of aromatic amines is 1. The number of H-pyrrole nitrogens is 1. The van der Waals surface area contributed by atoms with E-state index < -0.39 is 0 Å². The standard InChI is InChI=1S/C22H34N4O2.HI/c1-17-19(20-6-3-4-7-21(20)26-17)8-12-25-22(23-2)24-11-5-13-28-16-18-9-14-27-15-10-18;/h3-4,6-7,18,26H,5,8-16H2,1-2H3,(H2,23,24,25);1H. The van der Waals surface area contributed by atoms with Gasteiger partial charge in [-0.1, -0.05) is 18.2 Å². The van der Waals surface area contributed by atoms with E-state index in [1.54, 1.807) is 0 Å². The van der Waals surface area contributed by atoms with Crippen LogP contribution in [-0.2, 0) is 15.9 Å². The molecule has 2 heterocycles. The van der Waals surface area contributed by atoms with Gasteiger partial charge in [-0.15, -0.1) is 24.0 Å². The van der Waals surface area contributed by atoms with Gasteiger partial charge < -0.3 is 25.1 Å². The van der Waals surface area contributed by atoms with Crippen molar-refractivity contribution < 1.29 is 9.47 Å². The molecule has 7 heteroatoms. The molecule has 0 amide bonds. The SMILES string of the molecule is CN=C(NCCCOCC1CCOCC1)NCCc1c(C)[nH]c2ccccc12.I. The van der Waals surface area contributed by atoms with Gasteiger partial charge in [0.2, 0.25) is 0 Å². The number of halogens is 1. The van der Waals surface area contributed by atoms with Crippen LogP contribution in [-0.4, -0.2) is 57.5 Å². The Balaban J connectivity index is 0.00000300. The summed E-state index contributed by atoms with van der Waals surface area (Å²) in [6.07, 6.45) is 4.20. The van der Waals surface area contributed by atoms with Crippen molar-refractivity contribution in [1.82, 2.24) is 15.6 Å². The number of guanidine groups is 1. The maximum absolute atomic E-state index is 5.81. The quantitative estimate of drug-likeness (QED) is 0.207. The third-order valence-corrected chi connectivity index (χ3v) is 5.37. The minimum atomic E-state index is 0. The Morgan fingerprint density at radius 1 is 1.21 bits per heavy atom. The number of hydrogen-bond acceptors (Lipinski definition) is 3. The normalized spacial score (nSPS) is 15.3. The number of aromatic nitrogens is 1. The molecule has 6 nitrogen and oxygen atoms in total. The van der Waals surface area contributed by atoms with Gasteiger partial charge in [0.15, 0.2) is 5.96 Å². The summed E-state index contributed by atoms with van der Waals surface area (Å²) in [4.78, 5) is 7.78. The second-order valence-corrected chi connectivity index (χ2v) is 7.43. The molecule has 0 spiro atoms. The smallest absolute Gasteiger partial charge is 0.190 e. The zero-order valence-electron chi connectivity index (χ0n) is 17.6. The summed E-state index contributed by atoms with van der Waals surface area (Å²) < 4.78 is 11.2. The van der Waals surface area contributed by atoms with Crippen LogP contribution in [0.4, 0.5) is 0 Å². The van der Waals surface area contributed by atoms with E-state index >= 15 is 0 Å². The average molecular weight is 514 g/mol. The molecule has 2 aromatic rings. The summed E-state index contributed by atoms with van der Waals surface area (Å²) >= 11 is 0. The van der Waals surface area contributed by atoms with E-state index in [9.17, 15) is 0 Å². The molecular weight excluding hydrogens is 479 g/mol. The minimum Gasteiger partial charge on any atom is -0.381 e. The van der Waals surface area contributed by atoms with Crippen molar-refractivity contribution in [2.45, 2.75) is 32.6 Å². The largest absolute Gasteiger partial charge is 0.381 e. The molecule has 0 bridgehead atoms. The van der Waals surface area contributed by atoms with Gasteiger partial charge in [0.1, 0.15) is 0 Å². The average Bonchev–Trinajstić information content (AvgIpc) is 3.05. The van der Waals surface area contributed by atoms with E-state index in [0.717, 1.165) is 71.2 Å². The molecule has 1 aromatic carbocycles. The van der Waals surface area contributed by atoms with Crippen molar-refractivity contribution >= 4 is 40.8 Å². The van der Waals surface area contributed by atoms with Crippen LogP contribution < -0.4 is 10.6 Å². The van der Waals surface area contributed by atoms with Crippen molar-refractivity contribution in [3.8, 4) is 0 Å². The van der Waals surface area contributed by atoms with Crippen LogP contribution in [0.2, 0.25) is 0 Å². The minimum absolute atomic E-state index is 0. The highest BCUT2D eigenvalue weighted by Gasteiger charge is 2.13. The highest BCUT2D eigenvalue weighted by molar-refractivity contribution is 14.0. The lowest BCUT2D eigenvalue weighted by Crippen LogP contribution is -2.39. The number of ether oxygens (including phenoxy) is 2. The van der Waals surface area contributed by atoms with Crippen LogP contribution in [0.15, 0.2) is 29.3 Å². The molecule has 162 valence electrons. The second kappa shape index (κ2) is 13.1. The number of aliphatic imine (C=N–C) groups is 1. The van der Waals surface area contributed by atoms with E-state index in [1.165, 1.54) is 22.2 Å². The highest BCUT2D eigenvalue weighted by atomic mass is 127. The fraction of sp³-hybridized carbons (Fsp3) is 0.591. The fourth-order valence-electron chi connectivity index (χ4n) is 3.73. The fourth-order valence-corrected chi connectivity index (χ4v) is 3.73. The number of hydrogen-bond donors (Lipinski definition) is 3. The summed E-state index contributed by atoms with van der Waals surface area (Å²) in [6, 6.07) is 8.47. The van der Waals surface area contributed by atoms with Crippen LogP contribution in [0.5, 0.6) is 0 Å². The number of para-hydroxylation sites is 1. The summed E-state index contributed by atoms with van der Waals surface area (Å²) in [5, 5.41) is 8.09. The van der Waals surface area contributed by atoms with Crippen molar-refractivity contribution in [3.63, 3.8) is 0 Å². The van der Waals surface area contributed by atoms with Crippen molar-refractivity contribution in [2.75, 3.05) is 46.6 Å². The van der Waals surface area contributed by atoms with Crippen LogP contribution in [0.3, 0.4) is 0 Å². The molecule has 0 radical (unpaired) electrons. The third kappa shape index (κ3) is 7.46. The summed E-state index contributed by atoms with van der Waals surface area (Å²) in [5.74, 6) is 1.52. The van der Waals surface area contributed by atoms with E-state index in [2.05, 4.69) is 51.8 Å². The lowest BCUT2D eigenvalue weighted by Gasteiger charge is -2.21. The van der Waals surface area contributed by atoms with Crippen LogP contribution in [0, 0.1) is 12.8 Å².